The minimum Gasteiger partial charge on any atom is -0.466 e. The SMILES string of the molecule is CCCCCC=CCC=CCCCCCCCCOC(=O)CCOCC(N)COCCC(=O)OCCCCCCCCC=CCC=CCCCCC.Cl. The van der Waals surface area contributed by atoms with Crippen molar-refractivity contribution in [2.75, 3.05) is 39.6 Å². The Kier molecular flexibility index (Phi) is 46.4. The molecule has 0 fully saturated rings. The van der Waals surface area contributed by atoms with Gasteiger partial charge in [0.05, 0.1) is 58.5 Å². The van der Waals surface area contributed by atoms with Crippen molar-refractivity contribution >= 4 is 24.3 Å². The minimum atomic E-state index is -0.316. The maximum Gasteiger partial charge on any atom is 0.308 e. The van der Waals surface area contributed by atoms with Crippen molar-refractivity contribution in [2.45, 2.75) is 187 Å². The van der Waals surface area contributed by atoms with E-state index in [1.807, 2.05) is 0 Å². The van der Waals surface area contributed by atoms with E-state index in [9.17, 15) is 9.59 Å². The zero-order chi connectivity index (χ0) is 37.8. The van der Waals surface area contributed by atoms with Gasteiger partial charge in [-0.3, -0.25) is 9.59 Å². The van der Waals surface area contributed by atoms with Crippen LogP contribution in [0.5, 0.6) is 0 Å². The van der Waals surface area contributed by atoms with E-state index < -0.39 is 0 Å². The molecule has 0 radical (unpaired) electrons. The topological polar surface area (TPSA) is 97.1 Å². The van der Waals surface area contributed by atoms with Gasteiger partial charge in [-0.1, -0.05) is 140 Å². The van der Waals surface area contributed by atoms with Crippen molar-refractivity contribution < 1.29 is 28.5 Å². The number of hydrogen-bond acceptors (Lipinski definition) is 7. The Labute approximate surface area is 332 Å². The molecule has 0 rings (SSSR count). The van der Waals surface area contributed by atoms with Gasteiger partial charge in [0.1, 0.15) is 0 Å². The van der Waals surface area contributed by atoms with Crippen molar-refractivity contribution in [1.82, 2.24) is 0 Å². The summed E-state index contributed by atoms with van der Waals surface area (Å²) < 4.78 is 21.7. The van der Waals surface area contributed by atoms with Gasteiger partial charge in [0, 0.05) is 0 Å². The lowest BCUT2D eigenvalue weighted by Gasteiger charge is -2.12. The van der Waals surface area contributed by atoms with Crippen molar-refractivity contribution in [2.24, 2.45) is 5.73 Å². The summed E-state index contributed by atoms with van der Waals surface area (Å²) in [5.41, 5.74) is 6.03. The molecular formula is C45H82ClNO6. The number of carbonyl (C=O) groups excluding carboxylic acids is 2. The first-order valence-corrected chi connectivity index (χ1v) is 21.4. The van der Waals surface area contributed by atoms with Crippen LogP contribution in [0, 0.1) is 0 Å². The van der Waals surface area contributed by atoms with Gasteiger partial charge >= 0.3 is 11.9 Å². The Hall–Kier alpha value is -1.93. The molecule has 0 aliphatic carbocycles. The van der Waals surface area contributed by atoms with Crippen LogP contribution in [0.1, 0.15) is 181 Å². The zero-order valence-electron chi connectivity index (χ0n) is 34.3. The van der Waals surface area contributed by atoms with E-state index in [0.717, 1.165) is 51.4 Å². The zero-order valence-corrected chi connectivity index (χ0v) is 35.1. The highest BCUT2D eigenvalue weighted by Crippen LogP contribution is 2.10. The molecule has 7 nitrogen and oxygen atoms in total. The van der Waals surface area contributed by atoms with Crippen LogP contribution in [0.4, 0.5) is 0 Å². The summed E-state index contributed by atoms with van der Waals surface area (Å²) in [6.45, 7) is 6.56. The summed E-state index contributed by atoms with van der Waals surface area (Å²) in [5, 5.41) is 0. The third-order valence-electron chi connectivity index (χ3n) is 8.78. The summed E-state index contributed by atoms with van der Waals surface area (Å²) in [6.07, 6.45) is 47.3. The van der Waals surface area contributed by atoms with E-state index in [2.05, 4.69) is 62.5 Å². The van der Waals surface area contributed by atoms with Crippen molar-refractivity contribution in [3.63, 3.8) is 0 Å². The van der Waals surface area contributed by atoms with Crippen LogP contribution in [-0.4, -0.2) is 57.6 Å². The fourth-order valence-corrected chi connectivity index (χ4v) is 5.53. The Bertz CT molecular complexity index is 820. The molecular weight excluding hydrogens is 686 g/mol. The fraction of sp³-hybridized carbons (Fsp3) is 0.778. The van der Waals surface area contributed by atoms with Gasteiger partial charge in [0.15, 0.2) is 0 Å². The summed E-state index contributed by atoms with van der Waals surface area (Å²) in [4.78, 5) is 23.9. The quantitative estimate of drug-likeness (QED) is 0.0377. The molecule has 0 spiro atoms. The highest BCUT2D eigenvalue weighted by atomic mass is 35.5. The number of allylic oxidation sites excluding steroid dienone is 8. The smallest absolute Gasteiger partial charge is 0.308 e. The van der Waals surface area contributed by atoms with Crippen LogP contribution in [0.3, 0.4) is 0 Å². The Morgan fingerprint density at radius 2 is 0.774 bits per heavy atom. The maximum absolute atomic E-state index is 11.9. The standard InChI is InChI=1S/C45H81NO6.ClH/c1-3-5-7-9-11-13-15-17-19-21-23-25-27-29-31-33-37-51-44(47)35-39-49-41-43(46)42-50-40-36-45(48)52-38-34-32-30-28-26-24-22-20-18-16-14-12-10-8-6-4-2;/h11-14,17-20,43H,3-10,15-16,21-42,46H2,1-2H3;1H. The summed E-state index contributed by atoms with van der Waals surface area (Å²) in [5.74, 6) is -0.470. The van der Waals surface area contributed by atoms with Gasteiger partial charge in [0.2, 0.25) is 0 Å². The van der Waals surface area contributed by atoms with Crippen molar-refractivity contribution in [3.05, 3.63) is 48.6 Å². The molecule has 0 aliphatic heterocycles. The average molecular weight is 769 g/mol. The number of rotatable bonds is 40. The normalized spacial score (nSPS) is 12.4. The van der Waals surface area contributed by atoms with Crippen molar-refractivity contribution in [1.29, 1.82) is 0 Å². The summed E-state index contributed by atoms with van der Waals surface area (Å²) in [7, 11) is 0. The van der Waals surface area contributed by atoms with E-state index in [0.29, 0.717) is 13.2 Å². The predicted octanol–water partition coefficient (Wildman–Crippen LogP) is 12.3. The molecule has 0 bridgehead atoms. The third kappa shape index (κ3) is 46.1. The van der Waals surface area contributed by atoms with Gasteiger partial charge in [0.25, 0.3) is 0 Å². The van der Waals surface area contributed by atoms with E-state index >= 15 is 0 Å². The Morgan fingerprint density at radius 3 is 1.13 bits per heavy atom. The first-order chi connectivity index (χ1) is 25.6. The second kappa shape index (κ2) is 46.2. The van der Waals surface area contributed by atoms with Crippen LogP contribution in [0.2, 0.25) is 0 Å². The molecule has 2 N–H and O–H groups in total. The number of carbonyl (C=O) groups is 2. The first-order valence-electron chi connectivity index (χ1n) is 21.4. The van der Waals surface area contributed by atoms with Crippen LogP contribution >= 0.6 is 12.4 Å². The highest BCUT2D eigenvalue weighted by Gasteiger charge is 2.08. The number of hydrogen-bond donors (Lipinski definition) is 1. The van der Waals surface area contributed by atoms with Gasteiger partial charge in [-0.2, -0.15) is 0 Å². The number of ether oxygens (including phenoxy) is 4. The number of esters is 2. The predicted molar refractivity (Wildman–Crippen MR) is 227 cm³/mol. The Morgan fingerprint density at radius 1 is 0.453 bits per heavy atom. The molecule has 310 valence electrons. The molecule has 0 aromatic heterocycles. The van der Waals surface area contributed by atoms with Crippen LogP contribution in [0.25, 0.3) is 0 Å². The highest BCUT2D eigenvalue weighted by molar-refractivity contribution is 5.85. The lowest BCUT2D eigenvalue weighted by molar-refractivity contribution is -0.145. The molecule has 0 aromatic carbocycles. The molecule has 0 aromatic rings. The fourth-order valence-electron chi connectivity index (χ4n) is 5.53. The molecule has 0 amide bonds. The lowest BCUT2D eigenvalue weighted by atomic mass is 10.1. The average Bonchev–Trinajstić information content (AvgIpc) is 3.14. The van der Waals surface area contributed by atoms with E-state index in [-0.39, 0.29) is 69.7 Å². The number of halogens is 1. The van der Waals surface area contributed by atoms with Crippen molar-refractivity contribution in [3.8, 4) is 0 Å². The molecule has 0 unspecified atom stereocenters. The van der Waals surface area contributed by atoms with E-state index in [1.165, 1.54) is 103 Å². The minimum absolute atomic E-state index is 0. The Balaban J connectivity index is 0. The maximum atomic E-state index is 11.9. The molecule has 0 saturated carbocycles. The number of unbranched alkanes of at least 4 members (excludes halogenated alkanes) is 18. The molecule has 53 heavy (non-hydrogen) atoms. The second-order valence-corrected chi connectivity index (χ2v) is 14.0. The molecule has 0 atom stereocenters. The van der Waals surface area contributed by atoms with E-state index in [1.54, 1.807) is 0 Å². The first kappa shape index (κ1) is 53.2. The van der Waals surface area contributed by atoms with E-state index in [4.69, 9.17) is 24.7 Å². The van der Waals surface area contributed by atoms with Crippen LogP contribution in [-0.2, 0) is 28.5 Å². The summed E-state index contributed by atoms with van der Waals surface area (Å²) in [6, 6.07) is -0.316. The molecule has 0 aliphatic rings. The van der Waals surface area contributed by atoms with Gasteiger partial charge in [-0.05, 0) is 77.0 Å². The lowest BCUT2D eigenvalue weighted by Crippen LogP contribution is -2.32. The third-order valence-corrected chi connectivity index (χ3v) is 8.78. The largest absolute Gasteiger partial charge is 0.466 e. The van der Waals surface area contributed by atoms with Gasteiger partial charge in [-0.15, -0.1) is 12.4 Å². The molecule has 0 saturated heterocycles. The molecule has 8 heteroatoms. The summed E-state index contributed by atoms with van der Waals surface area (Å²) >= 11 is 0. The molecule has 0 heterocycles. The second-order valence-electron chi connectivity index (χ2n) is 14.0. The monoisotopic (exact) mass is 768 g/mol. The van der Waals surface area contributed by atoms with Gasteiger partial charge in [-0.25, -0.2) is 0 Å². The van der Waals surface area contributed by atoms with Crippen LogP contribution < -0.4 is 5.73 Å². The number of nitrogens with two attached hydrogens (primary N) is 1. The van der Waals surface area contributed by atoms with Crippen LogP contribution in [0.15, 0.2) is 48.6 Å². The van der Waals surface area contributed by atoms with Gasteiger partial charge < -0.3 is 24.7 Å².